The molecule has 0 radical (unpaired) electrons. The van der Waals surface area contributed by atoms with Crippen LogP contribution in [-0.4, -0.2) is 37.1 Å². The van der Waals surface area contributed by atoms with E-state index in [1.54, 1.807) is 5.57 Å². The summed E-state index contributed by atoms with van der Waals surface area (Å²) in [5.41, 5.74) is 3.02. The van der Waals surface area contributed by atoms with Gasteiger partial charge in [-0.25, -0.2) is 0 Å². The minimum Gasteiger partial charge on any atom is -0.311 e. The van der Waals surface area contributed by atoms with Crippen molar-refractivity contribution in [3.8, 4) is 0 Å². The number of hydrogen-bond donors (Lipinski definition) is 1. The molecule has 122 valence electrons. The second kappa shape index (κ2) is 8.85. The van der Waals surface area contributed by atoms with Crippen molar-refractivity contribution in [2.24, 2.45) is 0 Å². The van der Waals surface area contributed by atoms with E-state index in [0.29, 0.717) is 6.04 Å². The molecule has 1 heterocycles. The molecule has 0 unspecified atom stereocenters. The van der Waals surface area contributed by atoms with Gasteiger partial charge < -0.3 is 10.2 Å². The Morgan fingerprint density at radius 2 is 2.00 bits per heavy atom. The van der Waals surface area contributed by atoms with Crippen LogP contribution in [0.15, 0.2) is 66.3 Å². The molecule has 1 atom stereocenters. The zero-order chi connectivity index (χ0) is 15.7. The van der Waals surface area contributed by atoms with E-state index in [-0.39, 0.29) is 0 Å². The van der Waals surface area contributed by atoms with Crippen LogP contribution in [0.25, 0.3) is 0 Å². The van der Waals surface area contributed by atoms with Crippen LogP contribution < -0.4 is 5.32 Å². The first-order valence-corrected chi connectivity index (χ1v) is 8.91. The minimum atomic E-state index is 0.584. The molecule has 1 aliphatic heterocycles. The molecule has 2 aliphatic rings. The van der Waals surface area contributed by atoms with Crippen LogP contribution in [0, 0.1) is 0 Å². The summed E-state index contributed by atoms with van der Waals surface area (Å²) in [4.78, 5) is 2.63. The molecule has 1 aromatic carbocycles. The Morgan fingerprint density at radius 1 is 1.09 bits per heavy atom. The highest BCUT2D eigenvalue weighted by molar-refractivity contribution is 5.20. The second-order valence-electron chi connectivity index (χ2n) is 6.57. The maximum Gasteiger partial charge on any atom is 0.0235 e. The standard InChI is InChI=1S/C21H28N2/c1-2-5-9-19(10-6-3-1)13-15-23-16-14-22-21(18-23)17-20-11-7-4-8-12-20/h1-5,7-9,11-12,21-22H,6,10,13-18H2/b3-1-,5-2-,19-9+/t21-/m0/s1. The molecule has 1 aromatic rings. The van der Waals surface area contributed by atoms with E-state index in [2.05, 4.69) is 70.9 Å². The number of rotatable bonds is 5. The number of nitrogens with zero attached hydrogens (tertiary/aromatic N) is 1. The molecule has 0 aromatic heterocycles. The zero-order valence-electron chi connectivity index (χ0n) is 14.0. The van der Waals surface area contributed by atoms with Gasteiger partial charge in [0.15, 0.2) is 0 Å². The van der Waals surface area contributed by atoms with Crippen molar-refractivity contribution in [1.82, 2.24) is 10.2 Å². The SMILES string of the molecule is C1=C\C=C(\CCN2CCN[C@@H](Cc3ccccc3)C2)CC\C=C/1. The van der Waals surface area contributed by atoms with Gasteiger partial charge >= 0.3 is 0 Å². The van der Waals surface area contributed by atoms with Crippen molar-refractivity contribution in [1.29, 1.82) is 0 Å². The topological polar surface area (TPSA) is 15.3 Å². The van der Waals surface area contributed by atoms with Gasteiger partial charge in [0, 0.05) is 32.2 Å². The Hall–Kier alpha value is -1.64. The van der Waals surface area contributed by atoms with Gasteiger partial charge in [0.25, 0.3) is 0 Å². The lowest BCUT2D eigenvalue weighted by Crippen LogP contribution is -2.51. The van der Waals surface area contributed by atoms with Crippen molar-refractivity contribution in [3.05, 3.63) is 71.8 Å². The van der Waals surface area contributed by atoms with Crippen LogP contribution in [0.3, 0.4) is 0 Å². The number of piperazine rings is 1. The normalized spacial score (nSPS) is 27.5. The zero-order valence-corrected chi connectivity index (χ0v) is 14.0. The van der Waals surface area contributed by atoms with Crippen molar-refractivity contribution >= 4 is 0 Å². The highest BCUT2D eigenvalue weighted by Gasteiger charge is 2.19. The fraction of sp³-hybridized carbons (Fsp3) is 0.429. The summed E-state index contributed by atoms with van der Waals surface area (Å²) in [5.74, 6) is 0. The average Bonchev–Trinajstić information content (AvgIpc) is 2.55. The molecular weight excluding hydrogens is 280 g/mol. The lowest BCUT2D eigenvalue weighted by atomic mass is 10.0. The van der Waals surface area contributed by atoms with Crippen LogP contribution in [0.4, 0.5) is 0 Å². The minimum absolute atomic E-state index is 0.584. The highest BCUT2D eigenvalue weighted by atomic mass is 15.2. The Labute approximate surface area is 140 Å². The monoisotopic (exact) mass is 308 g/mol. The Kier molecular flexibility index (Phi) is 6.25. The third kappa shape index (κ3) is 5.49. The number of allylic oxidation sites excluding steroid dienone is 5. The molecule has 1 fully saturated rings. The summed E-state index contributed by atoms with van der Waals surface area (Å²) in [6, 6.07) is 11.4. The van der Waals surface area contributed by atoms with Crippen LogP contribution in [0.2, 0.25) is 0 Å². The third-order valence-electron chi connectivity index (χ3n) is 4.74. The lowest BCUT2D eigenvalue weighted by Gasteiger charge is -2.34. The lowest BCUT2D eigenvalue weighted by molar-refractivity contribution is 0.200. The quantitative estimate of drug-likeness (QED) is 0.892. The number of hydrogen-bond acceptors (Lipinski definition) is 2. The molecular formula is C21H28N2. The first kappa shape index (κ1) is 16.2. The maximum absolute atomic E-state index is 3.68. The van der Waals surface area contributed by atoms with Gasteiger partial charge in [-0.05, 0) is 31.2 Å². The number of nitrogens with one attached hydrogen (secondary N) is 1. The average molecular weight is 308 g/mol. The van der Waals surface area contributed by atoms with Crippen LogP contribution in [0.5, 0.6) is 0 Å². The van der Waals surface area contributed by atoms with Gasteiger partial charge in [-0.2, -0.15) is 0 Å². The van der Waals surface area contributed by atoms with Gasteiger partial charge in [0.05, 0.1) is 0 Å². The summed E-state index contributed by atoms with van der Waals surface area (Å²) < 4.78 is 0. The summed E-state index contributed by atoms with van der Waals surface area (Å²) >= 11 is 0. The van der Waals surface area contributed by atoms with Crippen LogP contribution in [0.1, 0.15) is 24.8 Å². The first-order valence-electron chi connectivity index (χ1n) is 8.91. The highest BCUT2D eigenvalue weighted by Crippen LogP contribution is 2.15. The molecule has 0 spiro atoms. The molecule has 23 heavy (non-hydrogen) atoms. The van der Waals surface area contributed by atoms with Crippen LogP contribution in [-0.2, 0) is 6.42 Å². The van der Waals surface area contributed by atoms with E-state index >= 15 is 0 Å². The van der Waals surface area contributed by atoms with Gasteiger partial charge in [-0.3, -0.25) is 0 Å². The molecule has 0 bridgehead atoms. The predicted octanol–water partition coefficient (Wildman–Crippen LogP) is 3.73. The first-order chi connectivity index (χ1) is 11.4. The fourth-order valence-electron chi connectivity index (χ4n) is 3.43. The van der Waals surface area contributed by atoms with Gasteiger partial charge in [-0.1, -0.05) is 66.3 Å². The van der Waals surface area contributed by atoms with E-state index in [1.807, 2.05) is 0 Å². The van der Waals surface area contributed by atoms with Crippen molar-refractivity contribution < 1.29 is 0 Å². The molecule has 1 N–H and O–H groups in total. The number of benzene rings is 1. The summed E-state index contributed by atoms with van der Waals surface area (Å²) in [5, 5.41) is 3.68. The van der Waals surface area contributed by atoms with Gasteiger partial charge in [-0.15, -0.1) is 0 Å². The summed E-state index contributed by atoms with van der Waals surface area (Å²) in [6.45, 7) is 4.64. The van der Waals surface area contributed by atoms with E-state index in [1.165, 1.54) is 37.9 Å². The van der Waals surface area contributed by atoms with E-state index < -0.39 is 0 Å². The summed E-state index contributed by atoms with van der Waals surface area (Å²) in [7, 11) is 0. The van der Waals surface area contributed by atoms with E-state index in [9.17, 15) is 0 Å². The molecule has 1 aliphatic carbocycles. The largest absolute Gasteiger partial charge is 0.311 e. The Morgan fingerprint density at radius 3 is 2.91 bits per heavy atom. The summed E-state index contributed by atoms with van der Waals surface area (Å²) in [6.07, 6.45) is 15.8. The van der Waals surface area contributed by atoms with Gasteiger partial charge in [0.1, 0.15) is 0 Å². The van der Waals surface area contributed by atoms with Crippen LogP contribution >= 0.6 is 0 Å². The second-order valence-corrected chi connectivity index (χ2v) is 6.57. The molecule has 0 amide bonds. The molecule has 1 saturated heterocycles. The van der Waals surface area contributed by atoms with E-state index in [4.69, 9.17) is 0 Å². The van der Waals surface area contributed by atoms with Crippen molar-refractivity contribution in [2.45, 2.75) is 31.7 Å². The predicted molar refractivity (Wildman–Crippen MR) is 98.6 cm³/mol. The van der Waals surface area contributed by atoms with E-state index in [0.717, 1.165) is 19.5 Å². The fourth-order valence-corrected chi connectivity index (χ4v) is 3.43. The molecule has 0 saturated carbocycles. The Bertz CT molecular complexity index is 556. The van der Waals surface area contributed by atoms with Crippen molar-refractivity contribution in [3.63, 3.8) is 0 Å². The molecule has 2 nitrogen and oxygen atoms in total. The van der Waals surface area contributed by atoms with Crippen molar-refractivity contribution in [2.75, 3.05) is 26.2 Å². The van der Waals surface area contributed by atoms with Gasteiger partial charge in [0.2, 0.25) is 0 Å². The third-order valence-corrected chi connectivity index (χ3v) is 4.74. The smallest absolute Gasteiger partial charge is 0.0235 e. The Balaban J connectivity index is 1.47. The molecule has 3 rings (SSSR count). The maximum atomic E-state index is 3.68. The molecule has 2 heteroatoms.